The van der Waals surface area contributed by atoms with Crippen LogP contribution in [0.4, 0.5) is 28.9 Å². The largest absolute Gasteiger partial charge is 0.495 e. The van der Waals surface area contributed by atoms with E-state index in [-0.39, 0.29) is 24.2 Å². The number of alkyl halides is 4. The summed E-state index contributed by atoms with van der Waals surface area (Å²) < 4.78 is 62.1. The first-order chi connectivity index (χ1) is 20.5. The highest BCUT2D eigenvalue weighted by Gasteiger charge is 2.31. The van der Waals surface area contributed by atoms with Gasteiger partial charge in [-0.25, -0.2) is 4.39 Å². The number of halogens is 4. The average molecular weight is 602 g/mol. The Labute approximate surface area is 249 Å². The lowest BCUT2D eigenvalue weighted by Gasteiger charge is -2.33. The molecule has 0 aliphatic carbocycles. The summed E-state index contributed by atoms with van der Waals surface area (Å²) in [6, 6.07) is 11.3. The number of ether oxygens (including phenoxy) is 1. The second-order valence-corrected chi connectivity index (χ2v) is 11.0. The molecule has 3 N–H and O–H groups in total. The van der Waals surface area contributed by atoms with Gasteiger partial charge in [-0.2, -0.15) is 13.2 Å². The van der Waals surface area contributed by atoms with Crippen molar-refractivity contribution < 1.29 is 27.1 Å². The van der Waals surface area contributed by atoms with Gasteiger partial charge in [-0.15, -0.1) is 0 Å². The number of piperidine rings is 1. The minimum Gasteiger partial charge on any atom is -0.495 e. The van der Waals surface area contributed by atoms with Crippen LogP contribution < -0.4 is 20.7 Å². The van der Waals surface area contributed by atoms with Crippen molar-refractivity contribution in [1.82, 2.24) is 14.8 Å². The number of nitrogens with zero attached hydrogens (tertiary/aromatic N) is 2. The number of aromatic nitrogens is 1. The van der Waals surface area contributed by atoms with Crippen LogP contribution in [-0.2, 0) is 6.54 Å². The maximum atomic E-state index is 14.7. The van der Waals surface area contributed by atoms with Crippen LogP contribution in [0.25, 0.3) is 10.9 Å². The van der Waals surface area contributed by atoms with E-state index in [4.69, 9.17) is 4.74 Å². The van der Waals surface area contributed by atoms with E-state index < -0.39 is 24.9 Å². The van der Waals surface area contributed by atoms with Gasteiger partial charge in [0, 0.05) is 35.8 Å². The Kier molecular flexibility index (Phi) is 10.5. The number of hydrogen-bond acceptors (Lipinski definition) is 5. The molecule has 2 heterocycles. The summed E-state index contributed by atoms with van der Waals surface area (Å²) in [5.74, 6) is 6.03. The fourth-order valence-corrected chi connectivity index (χ4v) is 5.35. The lowest BCUT2D eigenvalue weighted by molar-refractivity contribution is -0.140. The SMILES string of the molecule is CCCC(C)NC(=O)c1ccc(NCC#Cc2cc3c(N[C@@H]4CCN(C)C[C@@H]4F)cccc3n2CC(F)(F)F)c(OC)c1. The molecular weight excluding hydrogens is 562 g/mol. The highest BCUT2D eigenvalue weighted by atomic mass is 19.4. The Balaban J connectivity index is 1.54. The van der Waals surface area contributed by atoms with Crippen LogP contribution in [0.15, 0.2) is 42.5 Å². The summed E-state index contributed by atoms with van der Waals surface area (Å²) in [6.07, 6.45) is -3.14. The van der Waals surface area contributed by atoms with Gasteiger partial charge in [0.05, 0.1) is 36.6 Å². The van der Waals surface area contributed by atoms with Crippen LogP contribution in [0.3, 0.4) is 0 Å². The molecule has 3 atom stereocenters. The predicted octanol–water partition coefficient (Wildman–Crippen LogP) is 6.05. The Morgan fingerprint density at radius 2 is 1.98 bits per heavy atom. The maximum absolute atomic E-state index is 14.7. The summed E-state index contributed by atoms with van der Waals surface area (Å²) in [6.45, 7) is 3.95. The first kappa shape index (κ1) is 32.0. The average Bonchev–Trinajstić information content (AvgIpc) is 3.29. The molecule has 2 aromatic carbocycles. The highest BCUT2D eigenvalue weighted by Crippen LogP contribution is 2.32. The summed E-state index contributed by atoms with van der Waals surface area (Å²) >= 11 is 0. The third-order valence-electron chi connectivity index (χ3n) is 7.52. The van der Waals surface area contributed by atoms with Crippen LogP contribution in [0.1, 0.15) is 49.2 Å². The molecule has 0 radical (unpaired) electrons. The molecule has 0 spiro atoms. The van der Waals surface area contributed by atoms with Crippen molar-refractivity contribution in [2.75, 3.05) is 44.4 Å². The Morgan fingerprint density at radius 1 is 1.19 bits per heavy atom. The zero-order valence-corrected chi connectivity index (χ0v) is 24.9. The summed E-state index contributed by atoms with van der Waals surface area (Å²) in [4.78, 5) is 14.5. The number of nitrogens with one attached hydrogen (secondary N) is 3. The number of hydrogen-bond donors (Lipinski definition) is 3. The van der Waals surface area contributed by atoms with E-state index in [0.717, 1.165) is 24.0 Å². The van der Waals surface area contributed by atoms with Gasteiger partial charge in [-0.05, 0) is 69.1 Å². The van der Waals surface area contributed by atoms with Gasteiger partial charge < -0.3 is 30.2 Å². The predicted molar refractivity (Wildman–Crippen MR) is 163 cm³/mol. The fourth-order valence-electron chi connectivity index (χ4n) is 5.35. The zero-order chi connectivity index (χ0) is 31.1. The molecule has 1 saturated heterocycles. The molecule has 0 bridgehead atoms. The summed E-state index contributed by atoms with van der Waals surface area (Å²) in [5.41, 5.74) is 2.19. The van der Waals surface area contributed by atoms with Crippen molar-refractivity contribution in [3.63, 3.8) is 0 Å². The van der Waals surface area contributed by atoms with Crippen LogP contribution in [0.2, 0.25) is 0 Å². The third-order valence-corrected chi connectivity index (χ3v) is 7.52. The van der Waals surface area contributed by atoms with Gasteiger partial charge in [-0.3, -0.25) is 4.79 Å². The number of amides is 1. The van der Waals surface area contributed by atoms with Gasteiger partial charge >= 0.3 is 6.18 Å². The van der Waals surface area contributed by atoms with E-state index in [0.29, 0.717) is 46.6 Å². The van der Waals surface area contributed by atoms with E-state index in [1.807, 2.05) is 18.9 Å². The second kappa shape index (κ2) is 14.0. The van der Waals surface area contributed by atoms with Crippen LogP contribution in [0, 0.1) is 11.8 Å². The van der Waals surface area contributed by atoms with Crippen LogP contribution in [-0.4, -0.2) is 73.6 Å². The van der Waals surface area contributed by atoms with E-state index in [1.54, 1.807) is 42.5 Å². The van der Waals surface area contributed by atoms with Gasteiger partial charge in [-0.1, -0.05) is 25.3 Å². The molecule has 1 aliphatic heterocycles. The number of anilines is 2. The highest BCUT2D eigenvalue weighted by molar-refractivity contribution is 5.95. The molecule has 1 aromatic heterocycles. The van der Waals surface area contributed by atoms with E-state index >= 15 is 0 Å². The number of likely N-dealkylation sites (tertiary alicyclic amines) is 1. The molecule has 0 saturated carbocycles. The summed E-state index contributed by atoms with van der Waals surface area (Å²) in [5, 5.41) is 9.86. The Morgan fingerprint density at radius 3 is 2.67 bits per heavy atom. The molecule has 1 aliphatic rings. The molecule has 3 aromatic rings. The molecule has 43 heavy (non-hydrogen) atoms. The molecule has 1 unspecified atom stereocenters. The number of methoxy groups -OCH3 is 1. The van der Waals surface area contributed by atoms with Gasteiger partial charge in [0.1, 0.15) is 18.5 Å². The number of carbonyl (C=O) groups is 1. The lowest BCUT2D eigenvalue weighted by Crippen LogP contribution is -2.46. The smallest absolute Gasteiger partial charge is 0.406 e. The molecule has 4 rings (SSSR count). The van der Waals surface area contributed by atoms with Gasteiger partial charge in [0.25, 0.3) is 5.91 Å². The van der Waals surface area contributed by atoms with E-state index in [2.05, 4.69) is 34.7 Å². The van der Waals surface area contributed by atoms with Gasteiger partial charge in [0.15, 0.2) is 0 Å². The number of rotatable bonds is 10. The summed E-state index contributed by atoms with van der Waals surface area (Å²) in [7, 11) is 3.35. The van der Waals surface area contributed by atoms with Crippen molar-refractivity contribution in [2.24, 2.45) is 0 Å². The molecule has 232 valence electrons. The van der Waals surface area contributed by atoms with Crippen molar-refractivity contribution in [2.45, 2.75) is 64.1 Å². The number of benzene rings is 2. The molecule has 11 heteroatoms. The van der Waals surface area contributed by atoms with Crippen molar-refractivity contribution in [1.29, 1.82) is 0 Å². The fraction of sp³-hybridized carbons (Fsp3) is 0.469. The monoisotopic (exact) mass is 601 g/mol. The van der Waals surface area contributed by atoms with E-state index in [1.165, 1.54) is 7.11 Å². The van der Waals surface area contributed by atoms with Crippen LogP contribution >= 0.6 is 0 Å². The normalized spacial score (nSPS) is 18.0. The third kappa shape index (κ3) is 8.35. The van der Waals surface area contributed by atoms with Crippen molar-refractivity contribution in [3.05, 3.63) is 53.7 Å². The number of fused-ring (bicyclic) bond motifs is 1. The maximum Gasteiger partial charge on any atom is 0.406 e. The zero-order valence-electron chi connectivity index (χ0n) is 24.9. The Bertz CT molecular complexity index is 1480. The topological polar surface area (TPSA) is 70.6 Å². The first-order valence-electron chi connectivity index (χ1n) is 14.5. The molecular formula is C32H39F4N5O2. The standard InChI is InChI=1S/C32H39F4N5O2/c1-5-8-21(2)38-31(42)22-12-13-28(30(17-22)43-4)37-15-7-9-23-18-24-26(39-27-14-16-40(3)19-25(27)33)10-6-11-29(24)41(23)20-32(34,35)36/h6,10-13,17-18,21,25,27,37,39H,5,8,14-16,19-20H2,1-4H3,(H,38,42)/t21?,25-,27+/m0/s1. The second-order valence-electron chi connectivity index (χ2n) is 11.0. The van der Waals surface area contributed by atoms with Crippen molar-refractivity contribution >= 4 is 28.2 Å². The van der Waals surface area contributed by atoms with Gasteiger partial charge in [0.2, 0.25) is 0 Å². The first-order valence-corrected chi connectivity index (χ1v) is 14.5. The molecule has 7 nitrogen and oxygen atoms in total. The minimum absolute atomic E-state index is 0.0475. The van der Waals surface area contributed by atoms with Crippen LogP contribution in [0.5, 0.6) is 5.75 Å². The number of carbonyl (C=O) groups excluding carboxylic acids is 1. The lowest BCUT2D eigenvalue weighted by atomic mass is 10.0. The Hall–Kier alpha value is -3.91. The quantitative estimate of drug-likeness (QED) is 0.195. The van der Waals surface area contributed by atoms with E-state index in [9.17, 15) is 22.4 Å². The molecule has 1 fully saturated rings. The molecule has 1 amide bonds. The van der Waals surface area contributed by atoms with Crippen molar-refractivity contribution in [3.8, 4) is 17.6 Å². The minimum atomic E-state index is -4.46.